The summed E-state index contributed by atoms with van der Waals surface area (Å²) in [5, 5.41) is 3.96. The minimum absolute atomic E-state index is 0.0360. The first kappa shape index (κ1) is 22.3. The fourth-order valence-electron chi connectivity index (χ4n) is 2.43. The van der Waals surface area contributed by atoms with E-state index in [2.05, 4.69) is 10.1 Å². The van der Waals surface area contributed by atoms with E-state index in [0.29, 0.717) is 0 Å². The maximum absolute atomic E-state index is 13.1. The lowest BCUT2D eigenvalue weighted by molar-refractivity contribution is -0.253. The van der Waals surface area contributed by atoms with E-state index in [4.69, 9.17) is 32.7 Å². The number of esters is 1. The Morgan fingerprint density at radius 2 is 1.96 bits per heavy atom. The number of halogens is 5. The number of alkyl halides is 5. The van der Waals surface area contributed by atoms with Gasteiger partial charge in [-0.3, -0.25) is 4.79 Å². The van der Waals surface area contributed by atoms with E-state index in [0.717, 1.165) is 16.8 Å². The molecule has 0 radical (unpaired) electrons. The molecular formula is C17H18Cl2F3N3O3. The molecule has 2 aromatic rings. The number of hydrogen-bond donors (Lipinski definition) is 0. The van der Waals surface area contributed by atoms with Gasteiger partial charge >= 0.3 is 18.1 Å². The van der Waals surface area contributed by atoms with Crippen molar-refractivity contribution < 1.29 is 27.4 Å². The van der Waals surface area contributed by atoms with Crippen molar-refractivity contribution in [3.63, 3.8) is 0 Å². The fourth-order valence-corrected chi connectivity index (χ4v) is 2.58. The third kappa shape index (κ3) is 5.51. The Kier molecular flexibility index (Phi) is 6.82. The van der Waals surface area contributed by atoms with Gasteiger partial charge in [-0.1, -0.05) is 19.9 Å². The second kappa shape index (κ2) is 8.57. The summed E-state index contributed by atoms with van der Waals surface area (Å²) in [6.45, 7) is 3.55. The Morgan fingerprint density at radius 1 is 1.25 bits per heavy atom. The van der Waals surface area contributed by atoms with Crippen LogP contribution in [0.2, 0.25) is 0 Å². The first-order valence-electron chi connectivity index (χ1n) is 8.06. The highest BCUT2D eigenvalue weighted by atomic mass is 35.5. The number of nitrogens with zero attached hydrogens (tertiary/aromatic N) is 3. The highest BCUT2D eigenvalue weighted by Crippen LogP contribution is 2.38. The molecule has 1 aromatic carbocycles. The van der Waals surface area contributed by atoms with Crippen LogP contribution in [0, 0.1) is 5.41 Å². The van der Waals surface area contributed by atoms with Crippen LogP contribution in [-0.2, 0) is 21.6 Å². The van der Waals surface area contributed by atoms with Gasteiger partial charge in [-0.05, 0) is 23.6 Å². The van der Waals surface area contributed by atoms with Crippen LogP contribution in [-0.4, -0.2) is 32.5 Å². The molecule has 0 aliphatic rings. The summed E-state index contributed by atoms with van der Waals surface area (Å²) in [6.07, 6.45) is -2.21. The summed E-state index contributed by atoms with van der Waals surface area (Å²) in [5.74, 6) is -3.32. The van der Waals surface area contributed by atoms with Crippen LogP contribution >= 0.6 is 23.2 Å². The van der Waals surface area contributed by atoms with E-state index >= 15 is 0 Å². The number of aromatic nitrogens is 3. The van der Waals surface area contributed by atoms with Crippen LogP contribution in [0.1, 0.15) is 25.8 Å². The number of carbonyl (C=O) groups is 1. The van der Waals surface area contributed by atoms with Gasteiger partial charge in [-0.15, -0.1) is 23.2 Å². The molecule has 0 saturated heterocycles. The molecular weight excluding hydrogens is 422 g/mol. The summed E-state index contributed by atoms with van der Waals surface area (Å²) in [5.41, 5.74) is -1.57. The molecule has 0 fully saturated rings. The fraction of sp³-hybridized carbons (Fsp3) is 0.471. The van der Waals surface area contributed by atoms with Crippen molar-refractivity contribution in [2.24, 2.45) is 5.41 Å². The maximum atomic E-state index is 13.1. The van der Waals surface area contributed by atoms with Gasteiger partial charge in [0.2, 0.25) is 0 Å². The third-order valence-corrected chi connectivity index (χ3v) is 4.59. The molecule has 1 heterocycles. The van der Waals surface area contributed by atoms with Crippen molar-refractivity contribution in [1.29, 1.82) is 0 Å². The Bertz CT molecular complexity index is 800. The van der Waals surface area contributed by atoms with E-state index in [1.54, 1.807) is 13.8 Å². The summed E-state index contributed by atoms with van der Waals surface area (Å²) < 4.78 is 51.5. The van der Waals surface area contributed by atoms with E-state index in [1.807, 2.05) is 0 Å². The van der Waals surface area contributed by atoms with Crippen molar-refractivity contribution in [1.82, 2.24) is 14.8 Å². The third-order valence-electron chi connectivity index (χ3n) is 3.65. The van der Waals surface area contributed by atoms with Crippen LogP contribution < -0.4 is 4.74 Å². The lowest BCUT2D eigenvalue weighted by atomic mass is 9.89. The van der Waals surface area contributed by atoms with Gasteiger partial charge in [0, 0.05) is 5.88 Å². The molecule has 28 heavy (non-hydrogen) atoms. The first-order valence-corrected chi connectivity index (χ1v) is 9.13. The average molecular weight is 440 g/mol. The topological polar surface area (TPSA) is 66.2 Å². The summed E-state index contributed by atoms with van der Waals surface area (Å²) in [6, 6.07) is 4.19. The predicted octanol–water partition coefficient (Wildman–Crippen LogP) is 4.42. The Hall–Kier alpha value is -2.00. The second-order valence-corrected chi connectivity index (χ2v) is 7.30. The largest absolute Gasteiger partial charge is 0.434 e. The van der Waals surface area contributed by atoms with Crippen LogP contribution in [0.15, 0.2) is 36.9 Å². The normalized spacial score (nSPS) is 14.4. The molecule has 1 atom stereocenters. The van der Waals surface area contributed by atoms with Gasteiger partial charge in [0.1, 0.15) is 24.3 Å². The Balaban J connectivity index is 2.54. The average Bonchev–Trinajstić information content (AvgIpc) is 3.16. The van der Waals surface area contributed by atoms with Gasteiger partial charge in [0.25, 0.3) is 0 Å². The molecule has 11 heteroatoms. The van der Waals surface area contributed by atoms with Crippen LogP contribution in [0.25, 0.3) is 0 Å². The molecule has 0 spiro atoms. The van der Waals surface area contributed by atoms with E-state index < -0.39 is 34.9 Å². The number of benzene rings is 1. The second-order valence-electron chi connectivity index (χ2n) is 6.76. The quantitative estimate of drug-likeness (QED) is 0.346. The van der Waals surface area contributed by atoms with Gasteiger partial charge in [-0.25, -0.2) is 4.98 Å². The predicted molar refractivity (Wildman–Crippen MR) is 96.0 cm³/mol. The number of rotatable bonds is 8. The van der Waals surface area contributed by atoms with Crippen molar-refractivity contribution in [2.75, 3.05) is 11.8 Å². The minimum atomic E-state index is -4.57. The Labute approximate surface area is 169 Å². The minimum Gasteiger partial charge on any atom is -0.434 e. The van der Waals surface area contributed by atoms with Crippen LogP contribution in [0.3, 0.4) is 0 Å². The van der Waals surface area contributed by atoms with Gasteiger partial charge in [0.05, 0.1) is 12.0 Å². The van der Waals surface area contributed by atoms with Gasteiger partial charge in [-0.2, -0.15) is 23.0 Å². The maximum Gasteiger partial charge on any atom is 0.416 e. The molecule has 0 aliphatic carbocycles. The molecule has 0 amide bonds. The smallest absolute Gasteiger partial charge is 0.416 e. The standard InChI is InChI=1S/C17H18Cl2F3N3O3/c1-15(2,9-19)8-16(28-14(26)7-18,25-11-23-10-24-25)27-13-5-3-4-12(6-13)17(20,21)22/h3-6,10-11H,7-9H2,1-2H3. The van der Waals surface area contributed by atoms with E-state index in [-0.39, 0.29) is 18.1 Å². The number of hydrogen-bond acceptors (Lipinski definition) is 5. The van der Waals surface area contributed by atoms with Crippen molar-refractivity contribution >= 4 is 29.2 Å². The zero-order valence-corrected chi connectivity index (χ0v) is 16.6. The highest BCUT2D eigenvalue weighted by Gasteiger charge is 2.45. The number of ether oxygens (including phenoxy) is 2. The van der Waals surface area contributed by atoms with E-state index in [1.165, 1.54) is 24.8 Å². The summed E-state index contributed by atoms with van der Waals surface area (Å²) >= 11 is 11.6. The van der Waals surface area contributed by atoms with Crippen LogP contribution in [0.5, 0.6) is 5.75 Å². The molecule has 0 aliphatic heterocycles. The summed E-state index contributed by atoms with van der Waals surface area (Å²) in [7, 11) is 0. The van der Waals surface area contributed by atoms with Gasteiger partial charge < -0.3 is 9.47 Å². The summed E-state index contributed by atoms with van der Waals surface area (Å²) in [4.78, 5) is 15.8. The molecule has 0 bridgehead atoms. The molecule has 154 valence electrons. The van der Waals surface area contributed by atoms with Crippen LogP contribution in [0.4, 0.5) is 13.2 Å². The lowest BCUT2D eigenvalue weighted by Gasteiger charge is -2.37. The zero-order chi connectivity index (χ0) is 21.0. The first-order chi connectivity index (χ1) is 13.0. The molecule has 0 N–H and O–H groups in total. The molecule has 2 rings (SSSR count). The molecule has 6 nitrogen and oxygen atoms in total. The SMILES string of the molecule is CC(C)(CCl)CC(OC(=O)CCl)(Oc1cccc(C(F)(F)F)c1)n1cncn1. The monoisotopic (exact) mass is 439 g/mol. The number of carbonyl (C=O) groups excluding carboxylic acids is 1. The van der Waals surface area contributed by atoms with Crippen molar-refractivity contribution in [3.8, 4) is 5.75 Å². The molecule has 1 aromatic heterocycles. The van der Waals surface area contributed by atoms with E-state index in [9.17, 15) is 18.0 Å². The van der Waals surface area contributed by atoms with Crippen molar-refractivity contribution in [2.45, 2.75) is 32.4 Å². The highest BCUT2D eigenvalue weighted by molar-refractivity contribution is 6.26. The molecule has 1 unspecified atom stereocenters. The Morgan fingerprint density at radius 3 is 2.50 bits per heavy atom. The van der Waals surface area contributed by atoms with Crippen molar-refractivity contribution in [3.05, 3.63) is 42.5 Å². The molecule has 0 saturated carbocycles. The van der Waals surface area contributed by atoms with Gasteiger partial charge in [0.15, 0.2) is 0 Å². The zero-order valence-electron chi connectivity index (χ0n) is 15.0. The lowest BCUT2D eigenvalue weighted by Crippen LogP contribution is -2.48.